The highest BCUT2D eigenvalue weighted by molar-refractivity contribution is 6.02. The molecule has 0 aliphatic heterocycles. The lowest BCUT2D eigenvalue weighted by Gasteiger charge is -2.19. The number of Topliss-reactive ketones (excluding diaryl/α,β-unsaturated/α-hetero) is 1. The third kappa shape index (κ3) is 4.62. The van der Waals surface area contributed by atoms with Crippen molar-refractivity contribution in [3.05, 3.63) is 71.0 Å². The predicted octanol–water partition coefficient (Wildman–Crippen LogP) is 5.70. The van der Waals surface area contributed by atoms with Crippen LogP contribution >= 0.6 is 0 Å². The SMILES string of the molecule is CCOCc1c(C(=O)O[C@@H](C)C(=O)c2ccc(C(C)(C)C)cc2)oc2ccccc12. The van der Waals surface area contributed by atoms with Crippen molar-refractivity contribution in [2.24, 2.45) is 0 Å². The van der Waals surface area contributed by atoms with E-state index in [0.29, 0.717) is 23.3 Å². The molecule has 0 amide bonds. The Labute approximate surface area is 177 Å². The molecule has 0 bridgehead atoms. The van der Waals surface area contributed by atoms with Gasteiger partial charge in [0, 0.05) is 23.1 Å². The highest BCUT2D eigenvalue weighted by Gasteiger charge is 2.26. The van der Waals surface area contributed by atoms with Gasteiger partial charge in [-0.25, -0.2) is 4.79 Å². The Morgan fingerprint density at radius 1 is 1.03 bits per heavy atom. The van der Waals surface area contributed by atoms with Crippen molar-refractivity contribution in [1.82, 2.24) is 0 Å². The minimum absolute atomic E-state index is 0.00207. The van der Waals surface area contributed by atoms with E-state index in [0.717, 1.165) is 10.9 Å². The number of benzene rings is 2. The lowest BCUT2D eigenvalue weighted by Crippen LogP contribution is -2.25. The van der Waals surface area contributed by atoms with Gasteiger partial charge in [0.05, 0.1) is 6.61 Å². The summed E-state index contributed by atoms with van der Waals surface area (Å²) in [5, 5.41) is 0.801. The molecule has 0 spiro atoms. The first kappa shape index (κ1) is 21.8. The second-order valence-corrected chi connectivity index (χ2v) is 8.28. The Kier molecular flexibility index (Phi) is 6.42. The second-order valence-electron chi connectivity index (χ2n) is 8.28. The molecule has 0 radical (unpaired) electrons. The first-order valence-corrected chi connectivity index (χ1v) is 10.2. The fourth-order valence-corrected chi connectivity index (χ4v) is 3.25. The topological polar surface area (TPSA) is 65.7 Å². The van der Waals surface area contributed by atoms with Gasteiger partial charge in [0.15, 0.2) is 6.10 Å². The van der Waals surface area contributed by atoms with Crippen LogP contribution in [0.15, 0.2) is 52.9 Å². The summed E-state index contributed by atoms with van der Waals surface area (Å²) in [5.41, 5.74) is 2.84. The van der Waals surface area contributed by atoms with Crippen molar-refractivity contribution in [3.8, 4) is 0 Å². The van der Waals surface area contributed by atoms with Crippen molar-refractivity contribution < 1.29 is 23.5 Å². The summed E-state index contributed by atoms with van der Waals surface area (Å²) in [6.45, 7) is 10.5. The molecule has 0 aliphatic carbocycles. The largest absolute Gasteiger partial charge is 0.449 e. The summed E-state index contributed by atoms with van der Waals surface area (Å²) in [7, 11) is 0. The Balaban J connectivity index is 1.79. The molecule has 1 aromatic heterocycles. The maximum atomic E-state index is 12.8. The third-order valence-electron chi connectivity index (χ3n) is 5.02. The number of carbonyl (C=O) groups is 2. The zero-order valence-electron chi connectivity index (χ0n) is 18.2. The molecular weight excluding hydrogens is 380 g/mol. The number of fused-ring (bicyclic) bond motifs is 1. The van der Waals surface area contributed by atoms with E-state index >= 15 is 0 Å². The minimum Gasteiger partial charge on any atom is -0.449 e. The number of ketones is 1. The molecule has 3 aromatic rings. The monoisotopic (exact) mass is 408 g/mol. The molecule has 2 aromatic carbocycles. The van der Waals surface area contributed by atoms with Crippen LogP contribution in [-0.4, -0.2) is 24.5 Å². The Morgan fingerprint density at radius 3 is 2.33 bits per heavy atom. The minimum atomic E-state index is -0.939. The summed E-state index contributed by atoms with van der Waals surface area (Å²) >= 11 is 0. The molecular formula is C25H28O5. The van der Waals surface area contributed by atoms with Crippen LogP contribution in [0.25, 0.3) is 11.0 Å². The molecule has 0 saturated heterocycles. The van der Waals surface area contributed by atoms with Crippen molar-refractivity contribution in [2.75, 3.05) is 6.61 Å². The molecule has 0 unspecified atom stereocenters. The van der Waals surface area contributed by atoms with Gasteiger partial charge in [0.25, 0.3) is 0 Å². The van der Waals surface area contributed by atoms with E-state index in [4.69, 9.17) is 13.9 Å². The highest BCUT2D eigenvalue weighted by atomic mass is 16.6. The van der Waals surface area contributed by atoms with Gasteiger partial charge in [-0.1, -0.05) is 63.2 Å². The van der Waals surface area contributed by atoms with Crippen LogP contribution in [0.3, 0.4) is 0 Å². The summed E-state index contributed by atoms with van der Waals surface area (Å²) in [6.07, 6.45) is -0.939. The normalized spacial score (nSPS) is 12.7. The van der Waals surface area contributed by atoms with Crippen LogP contribution < -0.4 is 0 Å². The van der Waals surface area contributed by atoms with E-state index in [-0.39, 0.29) is 23.6 Å². The lowest BCUT2D eigenvalue weighted by molar-refractivity contribution is 0.0285. The number of furan rings is 1. The quantitative estimate of drug-likeness (QED) is 0.371. The maximum Gasteiger partial charge on any atom is 0.375 e. The van der Waals surface area contributed by atoms with E-state index in [1.54, 1.807) is 25.1 Å². The van der Waals surface area contributed by atoms with Crippen molar-refractivity contribution in [3.63, 3.8) is 0 Å². The van der Waals surface area contributed by atoms with Gasteiger partial charge < -0.3 is 13.9 Å². The molecule has 30 heavy (non-hydrogen) atoms. The Morgan fingerprint density at radius 2 is 1.70 bits per heavy atom. The lowest BCUT2D eigenvalue weighted by atomic mass is 9.86. The van der Waals surface area contributed by atoms with E-state index < -0.39 is 12.1 Å². The fraction of sp³-hybridized carbons (Fsp3) is 0.360. The molecule has 5 heteroatoms. The molecule has 0 fully saturated rings. The molecule has 1 atom stereocenters. The van der Waals surface area contributed by atoms with Crippen molar-refractivity contribution >= 4 is 22.7 Å². The summed E-state index contributed by atoms with van der Waals surface area (Å²) < 4.78 is 16.7. The third-order valence-corrected chi connectivity index (χ3v) is 5.02. The molecule has 1 heterocycles. The number of para-hydroxylation sites is 1. The Bertz CT molecular complexity index is 1040. The zero-order chi connectivity index (χ0) is 21.9. The smallest absolute Gasteiger partial charge is 0.375 e. The first-order valence-electron chi connectivity index (χ1n) is 10.2. The molecule has 0 saturated carbocycles. The van der Waals surface area contributed by atoms with E-state index in [2.05, 4.69) is 20.8 Å². The molecule has 0 N–H and O–H groups in total. The first-order chi connectivity index (χ1) is 14.2. The molecule has 0 aliphatic rings. The van der Waals surface area contributed by atoms with Gasteiger partial charge in [-0.15, -0.1) is 0 Å². The molecule has 3 rings (SSSR count). The van der Waals surface area contributed by atoms with Gasteiger partial charge in [0.2, 0.25) is 11.5 Å². The summed E-state index contributed by atoms with van der Waals surface area (Å²) in [5.74, 6) is -0.855. The standard InChI is InChI=1S/C25H28O5/c1-6-28-15-20-19-9-7-8-10-21(19)30-23(20)24(27)29-16(2)22(26)17-11-13-18(14-12-17)25(3,4)5/h7-14,16H,6,15H2,1-5H3/t16-/m0/s1. The van der Waals surface area contributed by atoms with Gasteiger partial charge in [-0.3, -0.25) is 4.79 Å². The Hall–Kier alpha value is -2.92. The number of carbonyl (C=O) groups excluding carboxylic acids is 2. The van der Waals surface area contributed by atoms with Crippen LogP contribution in [0.4, 0.5) is 0 Å². The number of esters is 1. The summed E-state index contributed by atoms with van der Waals surface area (Å²) in [4.78, 5) is 25.6. The zero-order valence-corrected chi connectivity index (χ0v) is 18.2. The van der Waals surface area contributed by atoms with Crippen LogP contribution in [0.1, 0.15) is 66.7 Å². The summed E-state index contributed by atoms with van der Waals surface area (Å²) in [6, 6.07) is 14.8. The van der Waals surface area contributed by atoms with Crippen LogP contribution in [0, 0.1) is 0 Å². The van der Waals surface area contributed by atoms with Crippen LogP contribution in [0.2, 0.25) is 0 Å². The highest BCUT2D eigenvalue weighted by Crippen LogP contribution is 2.28. The van der Waals surface area contributed by atoms with Crippen molar-refractivity contribution in [2.45, 2.75) is 52.7 Å². The number of hydrogen-bond acceptors (Lipinski definition) is 5. The second kappa shape index (κ2) is 8.84. The number of hydrogen-bond donors (Lipinski definition) is 0. The van der Waals surface area contributed by atoms with E-state index in [9.17, 15) is 9.59 Å². The average molecular weight is 408 g/mol. The van der Waals surface area contributed by atoms with Gasteiger partial charge in [0.1, 0.15) is 5.58 Å². The van der Waals surface area contributed by atoms with Gasteiger partial charge >= 0.3 is 5.97 Å². The maximum absolute atomic E-state index is 12.8. The van der Waals surface area contributed by atoms with Crippen LogP contribution in [-0.2, 0) is 21.5 Å². The molecule has 158 valence electrons. The number of ether oxygens (including phenoxy) is 2. The van der Waals surface area contributed by atoms with Crippen molar-refractivity contribution in [1.29, 1.82) is 0 Å². The molecule has 5 nitrogen and oxygen atoms in total. The predicted molar refractivity (Wildman–Crippen MR) is 116 cm³/mol. The number of rotatable bonds is 7. The van der Waals surface area contributed by atoms with E-state index in [1.807, 2.05) is 37.3 Å². The van der Waals surface area contributed by atoms with Gasteiger partial charge in [-0.2, -0.15) is 0 Å². The average Bonchev–Trinajstić information content (AvgIpc) is 3.09. The van der Waals surface area contributed by atoms with Gasteiger partial charge in [-0.05, 0) is 30.9 Å². The van der Waals surface area contributed by atoms with E-state index in [1.165, 1.54) is 0 Å². The van der Waals surface area contributed by atoms with Crippen LogP contribution in [0.5, 0.6) is 0 Å². The fourth-order valence-electron chi connectivity index (χ4n) is 3.25.